The molecular weight excluding hydrogens is 384 g/mol. The van der Waals surface area contributed by atoms with Crippen molar-refractivity contribution in [2.24, 2.45) is 0 Å². The van der Waals surface area contributed by atoms with E-state index >= 15 is 0 Å². The third-order valence-electron chi connectivity index (χ3n) is 4.62. The lowest BCUT2D eigenvalue weighted by molar-refractivity contribution is -0.122. The summed E-state index contributed by atoms with van der Waals surface area (Å²) in [4.78, 5) is 24.7. The minimum atomic E-state index is -3.98. The molecular formula is C20H32O7S. The number of Topliss-reactive ketones (excluding diaryl/α,β-unsaturated/α-hetero) is 2. The summed E-state index contributed by atoms with van der Waals surface area (Å²) >= 11 is 0. The van der Waals surface area contributed by atoms with E-state index in [0.29, 0.717) is 6.42 Å². The van der Waals surface area contributed by atoms with E-state index in [0.717, 1.165) is 19.3 Å². The molecule has 8 heteroatoms. The molecule has 0 radical (unpaired) electrons. The van der Waals surface area contributed by atoms with Gasteiger partial charge in [-0.25, -0.2) is 0 Å². The van der Waals surface area contributed by atoms with E-state index in [1.807, 2.05) is 0 Å². The van der Waals surface area contributed by atoms with Crippen LogP contribution in [0.3, 0.4) is 0 Å². The number of carbonyl (C=O) groups is 2. The highest BCUT2D eigenvalue weighted by Crippen LogP contribution is 2.27. The van der Waals surface area contributed by atoms with Gasteiger partial charge in [0.1, 0.15) is 0 Å². The fourth-order valence-corrected chi connectivity index (χ4v) is 4.08. The third kappa shape index (κ3) is 6.96. The molecule has 0 unspecified atom stereocenters. The lowest BCUT2D eigenvalue weighted by Gasteiger charge is -2.20. The first-order valence-corrected chi connectivity index (χ1v) is 11.4. The second-order valence-electron chi connectivity index (χ2n) is 6.85. The minimum absolute atomic E-state index is 0.113. The number of hydrogen-bond acceptors (Lipinski definition) is 7. The van der Waals surface area contributed by atoms with E-state index < -0.39 is 27.4 Å². The summed E-state index contributed by atoms with van der Waals surface area (Å²) in [6.07, 6.45) is 9.40. The summed E-state index contributed by atoms with van der Waals surface area (Å²) in [7, 11) is -1.54. The van der Waals surface area contributed by atoms with Crippen LogP contribution in [0, 0.1) is 0 Å². The summed E-state index contributed by atoms with van der Waals surface area (Å²) < 4.78 is 39.3. The van der Waals surface area contributed by atoms with Crippen molar-refractivity contribution in [2.75, 3.05) is 20.0 Å². The van der Waals surface area contributed by atoms with Gasteiger partial charge in [-0.15, -0.1) is 0 Å². The van der Waals surface area contributed by atoms with Crippen molar-refractivity contribution in [3.05, 3.63) is 22.9 Å². The van der Waals surface area contributed by atoms with Crippen LogP contribution in [0.2, 0.25) is 0 Å². The van der Waals surface area contributed by atoms with Crippen LogP contribution in [0.25, 0.3) is 0 Å². The van der Waals surface area contributed by atoms with Crippen molar-refractivity contribution in [1.82, 2.24) is 0 Å². The molecule has 0 bridgehead atoms. The molecule has 1 rings (SSSR count). The SMILES string of the molecule is CCCCCCCCCCCS(=O)(=O)OC1=C(C)C(=O)C(OC)=C(OC)C1=O. The van der Waals surface area contributed by atoms with E-state index in [2.05, 4.69) is 6.92 Å². The predicted molar refractivity (Wildman–Crippen MR) is 106 cm³/mol. The number of carbonyl (C=O) groups excluding carboxylic acids is 2. The molecule has 0 saturated carbocycles. The maximum Gasteiger partial charge on any atom is 0.309 e. The van der Waals surface area contributed by atoms with Crippen molar-refractivity contribution in [1.29, 1.82) is 0 Å². The number of ether oxygens (including phenoxy) is 2. The Bertz CT molecular complexity index is 717. The van der Waals surface area contributed by atoms with Crippen LogP contribution in [-0.2, 0) is 33.4 Å². The van der Waals surface area contributed by atoms with Gasteiger partial charge in [0.2, 0.25) is 23.1 Å². The van der Waals surface area contributed by atoms with Crippen LogP contribution in [0.15, 0.2) is 22.9 Å². The normalized spacial score (nSPS) is 15.3. The van der Waals surface area contributed by atoms with Gasteiger partial charge >= 0.3 is 10.1 Å². The minimum Gasteiger partial charge on any atom is -0.489 e. The summed E-state index contributed by atoms with van der Waals surface area (Å²) in [6, 6.07) is 0. The maximum absolute atomic E-state index is 12.4. The van der Waals surface area contributed by atoms with Crippen LogP contribution in [0.4, 0.5) is 0 Å². The largest absolute Gasteiger partial charge is 0.489 e. The molecule has 0 heterocycles. The van der Waals surface area contributed by atoms with Gasteiger partial charge in [0.25, 0.3) is 5.78 Å². The molecule has 0 aliphatic heterocycles. The average molecular weight is 417 g/mol. The Balaban J connectivity index is 2.54. The van der Waals surface area contributed by atoms with Crippen molar-refractivity contribution in [3.63, 3.8) is 0 Å². The molecule has 0 spiro atoms. The topological polar surface area (TPSA) is 96.0 Å². The van der Waals surface area contributed by atoms with Crippen LogP contribution in [0.5, 0.6) is 0 Å². The zero-order valence-electron chi connectivity index (χ0n) is 17.3. The highest BCUT2D eigenvalue weighted by atomic mass is 32.2. The van der Waals surface area contributed by atoms with E-state index in [1.165, 1.54) is 53.2 Å². The Morgan fingerprint density at radius 2 is 1.18 bits per heavy atom. The Hall–Kier alpha value is -1.83. The van der Waals surface area contributed by atoms with Crippen molar-refractivity contribution < 1.29 is 31.7 Å². The zero-order valence-corrected chi connectivity index (χ0v) is 18.2. The number of rotatable bonds is 14. The molecule has 0 atom stereocenters. The summed E-state index contributed by atoms with van der Waals surface area (Å²) in [5.74, 6) is -2.78. The standard InChI is InChI=1S/C20H32O7S/c1-5-6-7-8-9-10-11-12-13-14-28(23,24)27-18-15(2)16(21)19(25-3)20(26-4)17(18)22/h5-14H2,1-4H3. The lowest BCUT2D eigenvalue weighted by Crippen LogP contribution is -2.28. The van der Waals surface area contributed by atoms with Gasteiger partial charge < -0.3 is 13.7 Å². The second kappa shape index (κ2) is 11.9. The highest BCUT2D eigenvalue weighted by Gasteiger charge is 2.38. The summed E-state index contributed by atoms with van der Waals surface area (Å²) in [5, 5.41) is 0. The molecule has 1 aliphatic carbocycles. The van der Waals surface area contributed by atoms with Gasteiger partial charge in [-0.05, 0) is 13.3 Å². The van der Waals surface area contributed by atoms with Crippen molar-refractivity contribution in [3.8, 4) is 0 Å². The van der Waals surface area contributed by atoms with Crippen LogP contribution in [0.1, 0.15) is 71.6 Å². The van der Waals surface area contributed by atoms with Gasteiger partial charge in [0.05, 0.1) is 20.0 Å². The summed E-state index contributed by atoms with van der Waals surface area (Å²) in [6.45, 7) is 3.51. The fourth-order valence-electron chi connectivity index (χ4n) is 2.98. The number of allylic oxidation sites excluding steroid dienone is 1. The van der Waals surface area contributed by atoms with Gasteiger partial charge in [0, 0.05) is 5.57 Å². The number of ketones is 2. The molecule has 0 fully saturated rings. The monoisotopic (exact) mass is 416 g/mol. The first-order chi connectivity index (χ1) is 13.3. The van der Waals surface area contributed by atoms with Gasteiger partial charge in [0.15, 0.2) is 0 Å². The predicted octanol–water partition coefficient (Wildman–Crippen LogP) is 3.79. The van der Waals surface area contributed by atoms with E-state index in [9.17, 15) is 18.0 Å². The average Bonchev–Trinajstić information content (AvgIpc) is 2.66. The fraction of sp³-hybridized carbons (Fsp3) is 0.700. The molecule has 0 aromatic carbocycles. The number of methoxy groups -OCH3 is 2. The molecule has 7 nitrogen and oxygen atoms in total. The van der Waals surface area contributed by atoms with Crippen LogP contribution >= 0.6 is 0 Å². The number of hydrogen-bond donors (Lipinski definition) is 0. The van der Waals surface area contributed by atoms with Crippen LogP contribution < -0.4 is 0 Å². The summed E-state index contributed by atoms with van der Waals surface area (Å²) in [5.41, 5.74) is -0.113. The van der Waals surface area contributed by atoms with E-state index in [1.54, 1.807) is 0 Å². The molecule has 1 aliphatic rings. The molecule has 0 N–H and O–H groups in total. The number of unbranched alkanes of at least 4 members (excludes halogenated alkanes) is 8. The van der Waals surface area contributed by atoms with Crippen molar-refractivity contribution in [2.45, 2.75) is 71.6 Å². The van der Waals surface area contributed by atoms with Crippen LogP contribution in [-0.4, -0.2) is 40.0 Å². The van der Waals surface area contributed by atoms with E-state index in [-0.39, 0.29) is 22.8 Å². The second-order valence-corrected chi connectivity index (χ2v) is 8.54. The first-order valence-electron chi connectivity index (χ1n) is 9.83. The Morgan fingerprint density at radius 1 is 0.714 bits per heavy atom. The Kier molecular flexibility index (Phi) is 10.3. The molecule has 0 aromatic rings. The molecule has 160 valence electrons. The molecule has 0 amide bonds. The molecule has 0 saturated heterocycles. The first kappa shape index (κ1) is 24.2. The smallest absolute Gasteiger partial charge is 0.309 e. The van der Waals surface area contributed by atoms with Gasteiger partial charge in [-0.2, -0.15) is 8.42 Å². The zero-order chi connectivity index (χ0) is 21.2. The maximum atomic E-state index is 12.4. The van der Waals surface area contributed by atoms with Crippen molar-refractivity contribution >= 4 is 21.7 Å². The van der Waals surface area contributed by atoms with E-state index in [4.69, 9.17) is 13.7 Å². The quantitative estimate of drug-likeness (QED) is 0.241. The lowest BCUT2D eigenvalue weighted by atomic mass is 10.00. The van der Waals surface area contributed by atoms with Gasteiger partial charge in [-0.3, -0.25) is 9.59 Å². The Morgan fingerprint density at radius 3 is 1.68 bits per heavy atom. The van der Waals surface area contributed by atoms with Gasteiger partial charge in [-0.1, -0.05) is 58.3 Å². The molecule has 28 heavy (non-hydrogen) atoms. The Labute approximate surface area is 168 Å². The highest BCUT2D eigenvalue weighted by molar-refractivity contribution is 7.86. The molecule has 0 aromatic heterocycles. The third-order valence-corrected chi connectivity index (χ3v) is 5.83.